The fourth-order valence-corrected chi connectivity index (χ4v) is 5.81. The first-order valence-electron chi connectivity index (χ1n) is 15.1. The molecule has 228 valence electrons. The van der Waals surface area contributed by atoms with Crippen LogP contribution >= 0.6 is 0 Å². The van der Waals surface area contributed by atoms with Crippen LogP contribution < -0.4 is 20.1 Å². The Labute approximate surface area is 253 Å². The van der Waals surface area contributed by atoms with Gasteiger partial charge in [-0.05, 0) is 62.2 Å². The van der Waals surface area contributed by atoms with Gasteiger partial charge in [0.15, 0.2) is 11.5 Å². The third kappa shape index (κ3) is 8.02. The van der Waals surface area contributed by atoms with E-state index < -0.39 is 41.0 Å². The summed E-state index contributed by atoms with van der Waals surface area (Å²) < 4.78 is 12.0. The van der Waals surface area contributed by atoms with Crippen LogP contribution in [0, 0.1) is 11.8 Å². The number of benzene rings is 3. The van der Waals surface area contributed by atoms with Crippen LogP contribution in [0.5, 0.6) is 11.5 Å². The van der Waals surface area contributed by atoms with E-state index >= 15 is 0 Å². The van der Waals surface area contributed by atoms with Gasteiger partial charge in [0, 0.05) is 23.7 Å². The molecule has 3 N–H and O–H groups in total. The van der Waals surface area contributed by atoms with E-state index in [2.05, 4.69) is 17.6 Å². The van der Waals surface area contributed by atoms with E-state index in [1.807, 2.05) is 19.1 Å². The molecule has 2 amide bonds. The van der Waals surface area contributed by atoms with Gasteiger partial charge in [0.1, 0.15) is 11.7 Å². The SMILES string of the molecule is CCCCCCOc1ccc(C2C(C(=O)Nc3ccccc3)C(=O)CC(C)(O)C2C(=O)Nc2ccccc2)cc1OCC. The fraction of sp³-hybridized carbons (Fsp3) is 0.400. The monoisotopic (exact) mass is 586 g/mol. The zero-order valence-corrected chi connectivity index (χ0v) is 25.2. The number of hydrogen-bond donors (Lipinski definition) is 3. The van der Waals surface area contributed by atoms with Crippen molar-refractivity contribution in [3.8, 4) is 11.5 Å². The van der Waals surface area contributed by atoms with E-state index in [1.165, 1.54) is 6.92 Å². The van der Waals surface area contributed by atoms with Crippen molar-refractivity contribution in [2.75, 3.05) is 23.8 Å². The van der Waals surface area contributed by atoms with Crippen molar-refractivity contribution in [1.82, 2.24) is 0 Å². The second-order valence-corrected chi connectivity index (χ2v) is 11.2. The van der Waals surface area contributed by atoms with Crippen molar-refractivity contribution in [3.63, 3.8) is 0 Å². The molecule has 0 radical (unpaired) electrons. The number of ether oxygens (including phenoxy) is 2. The Balaban J connectivity index is 1.75. The maximum atomic E-state index is 13.9. The minimum absolute atomic E-state index is 0.347. The van der Waals surface area contributed by atoms with Crippen molar-refractivity contribution < 1.29 is 29.0 Å². The topological polar surface area (TPSA) is 114 Å². The van der Waals surface area contributed by atoms with Gasteiger partial charge in [0.25, 0.3) is 0 Å². The summed E-state index contributed by atoms with van der Waals surface area (Å²) in [4.78, 5) is 41.4. The van der Waals surface area contributed by atoms with Gasteiger partial charge in [-0.25, -0.2) is 0 Å². The lowest BCUT2D eigenvalue weighted by molar-refractivity contribution is -0.150. The number of nitrogens with one attached hydrogen (secondary N) is 2. The third-order valence-corrected chi connectivity index (χ3v) is 7.82. The summed E-state index contributed by atoms with van der Waals surface area (Å²) in [6.45, 7) is 6.39. The molecule has 8 heteroatoms. The molecular formula is C35H42N2O6. The third-order valence-electron chi connectivity index (χ3n) is 7.82. The zero-order chi connectivity index (χ0) is 30.8. The number of unbranched alkanes of at least 4 members (excludes halogenated alkanes) is 3. The molecule has 4 rings (SSSR count). The van der Waals surface area contributed by atoms with E-state index in [0.29, 0.717) is 41.7 Å². The number of rotatable bonds is 13. The Kier molecular flexibility index (Phi) is 11.0. The van der Waals surface area contributed by atoms with E-state index in [0.717, 1.165) is 25.7 Å². The van der Waals surface area contributed by atoms with Crippen molar-refractivity contribution in [1.29, 1.82) is 0 Å². The summed E-state index contributed by atoms with van der Waals surface area (Å²) in [6.07, 6.45) is 3.88. The minimum atomic E-state index is -1.72. The van der Waals surface area contributed by atoms with Gasteiger partial charge >= 0.3 is 0 Å². The second kappa shape index (κ2) is 14.8. The number of carbonyl (C=O) groups excluding carboxylic acids is 3. The first-order valence-corrected chi connectivity index (χ1v) is 15.1. The normalized spacial score (nSPS) is 21.6. The van der Waals surface area contributed by atoms with Gasteiger partial charge < -0.3 is 25.2 Å². The highest BCUT2D eigenvalue weighted by atomic mass is 16.5. The smallest absolute Gasteiger partial charge is 0.235 e. The van der Waals surface area contributed by atoms with Crippen molar-refractivity contribution in [2.45, 2.75) is 64.4 Å². The van der Waals surface area contributed by atoms with Crippen LogP contribution in [-0.2, 0) is 14.4 Å². The van der Waals surface area contributed by atoms with Gasteiger partial charge in [0.2, 0.25) is 11.8 Å². The molecule has 0 bridgehead atoms. The molecule has 0 spiro atoms. The van der Waals surface area contributed by atoms with Crippen molar-refractivity contribution >= 4 is 29.0 Å². The summed E-state index contributed by atoms with van der Waals surface area (Å²) in [5.41, 5.74) is -0.115. The fourth-order valence-electron chi connectivity index (χ4n) is 5.81. The second-order valence-electron chi connectivity index (χ2n) is 11.2. The summed E-state index contributed by atoms with van der Waals surface area (Å²) in [7, 11) is 0. The number of anilines is 2. The van der Waals surface area contributed by atoms with Crippen LogP contribution in [-0.4, -0.2) is 41.5 Å². The Morgan fingerprint density at radius 2 is 1.47 bits per heavy atom. The van der Waals surface area contributed by atoms with Crippen molar-refractivity contribution in [2.24, 2.45) is 11.8 Å². The van der Waals surface area contributed by atoms with Crippen LogP contribution in [0.15, 0.2) is 78.9 Å². The number of amides is 2. The predicted octanol–water partition coefficient (Wildman–Crippen LogP) is 6.36. The van der Waals surface area contributed by atoms with Gasteiger partial charge in [-0.2, -0.15) is 0 Å². The van der Waals surface area contributed by atoms with Crippen LogP contribution in [0.4, 0.5) is 11.4 Å². The lowest BCUT2D eigenvalue weighted by atomic mass is 9.61. The Bertz CT molecular complexity index is 1380. The van der Waals surface area contributed by atoms with Gasteiger partial charge in [-0.3, -0.25) is 14.4 Å². The molecule has 1 saturated carbocycles. The molecule has 1 fully saturated rings. The molecule has 43 heavy (non-hydrogen) atoms. The molecule has 3 aromatic rings. The number of Topliss-reactive ketones (excluding diaryl/α,β-unsaturated/α-hetero) is 1. The highest BCUT2D eigenvalue weighted by molar-refractivity contribution is 6.10. The number of hydrogen-bond acceptors (Lipinski definition) is 6. The molecular weight excluding hydrogens is 544 g/mol. The molecule has 8 nitrogen and oxygen atoms in total. The van der Waals surface area contributed by atoms with Crippen molar-refractivity contribution in [3.05, 3.63) is 84.4 Å². The maximum Gasteiger partial charge on any atom is 0.235 e. The quantitative estimate of drug-likeness (QED) is 0.159. The van der Waals surface area contributed by atoms with E-state index in [4.69, 9.17) is 9.47 Å². The molecule has 1 aliphatic carbocycles. The summed E-state index contributed by atoms with van der Waals surface area (Å²) in [5, 5.41) is 17.4. The molecule has 0 aromatic heterocycles. The van der Waals surface area contributed by atoms with Gasteiger partial charge in [-0.15, -0.1) is 0 Å². The standard InChI is InChI=1S/C35H42N2O6/c1-4-6-7-14-21-43-28-20-19-24(22-29(28)42-5-2)30-31(33(39)36-25-15-10-8-11-16-25)27(38)23-35(3,41)32(30)34(40)37-26-17-12-9-13-18-26/h8-13,15-20,22,30-32,41H,4-7,14,21,23H2,1-3H3,(H,36,39)(H,37,40). The molecule has 0 heterocycles. The first kappa shape index (κ1) is 31.8. The largest absolute Gasteiger partial charge is 0.490 e. The number of carbonyl (C=O) groups is 3. The highest BCUT2D eigenvalue weighted by Gasteiger charge is 2.56. The average Bonchev–Trinajstić information content (AvgIpc) is 2.98. The van der Waals surface area contributed by atoms with Crippen LogP contribution in [0.25, 0.3) is 0 Å². The van der Waals surface area contributed by atoms with Gasteiger partial charge in [-0.1, -0.05) is 68.7 Å². The van der Waals surface area contributed by atoms with E-state index in [1.54, 1.807) is 66.7 Å². The maximum absolute atomic E-state index is 13.9. The van der Waals surface area contributed by atoms with Crippen LogP contribution in [0.3, 0.4) is 0 Å². The zero-order valence-electron chi connectivity index (χ0n) is 25.2. The molecule has 3 aromatic carbocycles. The summed E-state index contributed by atoms with van der Waals surface area (Å²) in [5.74, 6) is -3.81. The Morgan fingerprint density at radius 1 is 0.837 bits per heavy atom. The molecule has 4 unspecified atom stereocenters. The minimum Gasteiger partial charge on any atom is -0.490 e. The Hall–Kier alpha value is -4.17. The first-order chi connectivity index (χ1) is 20.7. The lowest BCUT2D eigenvalue weighted by Crippen LogP contribution is -2.56. The predicted molar refractivity (Wildman–Crippen MR) is 167 cm³/mol. The van der Waals surface area contributed by atoms with Crippen LogP contribution in [0.1, 0.15) is 64.4 Å². The lowest BCUT2D eigenvalue weighted by Gasteiger charge is -2.44. The number of aliphatic hydroxyl groups is 1. The molecule has 0 aliphatic heterocycles. The van der Waals surface area contributed by atoms with E-state index in [-0.39, 0.29) is 6.42 Å². The molecule has 1 aliphatic rings. The molecule has 0 saturated heterocycles. The van der Waals surface area contributed by atoms with Crippen LogP contribution in [0.2, 0.25) is 0 Å². The molecule has 4 atom stereocenters. The highest BCUT2D eigenvalue weighted by Crippen LogP contribution is 2.48. The number of ketones is 1. The summed E-state index contributed by atoms with van der Waals surface area (Å²) in [6, 6.07) is 23.0. The van der Waals surface area contributed by atoms with E-state index in [9.17, 15) is 19.5 Å². The summed E-state index contributed by atoms with van der Waals surface area (Å²) >= 11 is 0. The Morgan fingerprint density at radius 3 is 2.07 bits per heavy atom. The number of para-hydroxylation sites is 2. The average molecular weight is 587 g/mol. The van der Waals surface area contributed by atoms with Gasteiger partial charge in [0.05, 0.1) is 24.7 Å².